The summed E-state index contributed by atoms with van der Waals surface area (Å²) < 4.78 is 0. The monoisotopic (exact) mass is 446 g/mol. The topological polar surface area (TPSA) is 49.3 Å². The van der Waals surface area contributed by atoms with E-state index in [1.165, 1.54) is 11.1 Å². The van der Waals surface area contributed by atoms with Crippen LogP contribution in [0.25, 0.3) is 10.9 Å². The summed E-state index contributed by atoms with van der Waals surface area (Å²) in [6, 6.07) is 18.6. The Labute approximate surface area is 165 Å². The third-order valence-electron chi connectivity index (χ3n) is 4.09. The Hall–Kier alpha value is -2.15. The number of aryl methyl sites for hydroxylation is 1. The van der Waals surface area contributed by atoms with Crippen LogP contribution in [-0.4, -0.2) is 18.0 Å². The fourth-order valence-corrected chi connectivity index (χ4v) is 2.70. The quantitative estimate of drug-likeness (QED) is 0.362. The highest BCUT2D eigenvalue weighted by Crippen LogP contribution is 2.15. The number of hydrogen-bond donors (Lipinski definition) is 2. The first-order valence-electron chi connectivity index (χ1n) is 8.09. The predicted molar refractivity (Wildman–Crippen MR) is 115 cm³/mol. The maximum atomic E-state index is 4.49. The molecule has 25 heavy (non-hydrogen) atoms. The molecule has 0 fully saturated rings. The molecule has 0 aliphatic rings. The van der Waals surface area contributed by atoms with Crippen molar-refractivity contribution in [1.29, 1.82) is 0 Å². The lowest BCUT2D eigenvalue weighted by atomic mass is 10.1. The lowest BCUT2D eigenvalue weighted by Crippen LogP contribution is -2.36. The van der Waals surface area contributed by atoms with Crippen molar-refractivity contribution in [3.8, 4) is 0 Å². The standard InChI is InChI=1S/C20H22N4.HI/c1-15-7-3-4-8-17(15)13-23-20(21-2)24-14-18-10-5-9-16-11-6-12-22-19(16)18;/h3-12H,13-14H2,1-2H3,(H2,21,23,24);1H. The molecule has 0 saturated heterocycles. The van der Waals surface area contributed by atoms with E-state index >= 15 is 0 Å². The lowest BCUT2D eigenvalue weighted by Gasteiger charge is -2.14. The highest BCUT2D eigenvalue weighted by Gasteiger charge is 2.04. The zero-order valence-corrected chi connectivity index (χ0v) is 16.8. The van der Waals surface area contributed by atoms with Crippen molar-refractivity contribution < 1.29 is 0 Å². The lowest BCUT2D eigenvalue weighted by molar-refractivity contribution is 0.808. The van der Waals surface area contributed by atoms with Crippen molar-refractivity contribution in [3.05, 3.63) is 77.5 Å². The summed E-state index contributed by atoms with van der Waals surface area (Å²) >= 11 is 0. The maximum Gasteiger partial charge on any atom is 0.191 e. The molecule has 0 atom stereocenters. The van der Waals surface area contributed by atoms with Crippen molar-refractivity contribution in [3.63, 3.8) is 0 Å². The Bertz CT molecular complexity index is 856. The van der Waals surface area contributed by atoms with Gasteiger partial charge in [0.2, 0.25) is 0 Å². The van der Waals surface area contributed by atoms with Crippen LogP contribution in [0.3, 0.4) is 0 Å². The SMILES string of the molecule is CN=C(NCc1ccccc1C)NCc1cccc2cccnc12.I. The number of nitrogens with one attached hydrogen (secondary N) is 2. The molecule has 0 saturated carbocycles. The first-order chi connectivity index (χ1) is 11.8. The summed E-state index contributed by atoms with van der Waals surface area (Å²) in [6.45, 7) is 3.55. The fourth-order valence-electron chi connectivity index (χ4n) is 2.70. The van der Waals surface area contributed by atoms with Gasteiger partial charge < -0.3 is 10.6 Å². The molecule has 3 rings (SSSR count). The van der Waals surface area contributed by atoms with E-state index in [9.17, 15) is 0 Å². The second-order valence-electron chi connectivity index (χ2n) is 5.70. The largest absolute Gasteiger partial charge is 0.352 e. The van der Waals surface area contributed by atoms with Crippen molar-refractivity contribution >= 4 is 40.8 Å². The van der Waals surface area contributed by atoms with Gasteiger partial charge in [0, 0.05) is 31.7 Å². The van der Waals surface area contributed by atoms with Crippen molar-refractivity contribution in [1.82, 2.24) is 15.6 Å². The van der Waals surface area contributed by atoms with Gasteiger partial charge in [-0.05, 0) is 29.7 Å². The molecule has 0 aliphatic carbocycles. The minimum Gasteiger partial charge on any atom is -0.352 e. The van der Waals surface area contributed by atoms with E-state index in [0.717, 1.165) is 29.0 Å². The summed E-state index contributed by atoms with van der Waals surface area (Å²) in [5.41, 5.74) is 4.74. The zero-order chi connectivity index (χ0) is 16.8. The smallest absolute Gasteiger partial charge is 0.191 e. The molecular formula is C20H23IN4. The molecule has 0 amide bonds. The van der Waals surface area contributed by atoms with Gasteiger partial charge >= 0.3 is 0 Å². The Morgan fingerprint density at radius 3 is 2.36 bits per heavy atom. The van der Waals surface area contributed by atoms with Crippen molar-refractivity contribution in [2.24, 2.45) is 4.99 Å². The van der Waals surface area contributed by atoms with Crippen LogP contribution in [0.1, 0.15) is 16.7 Å². The Balaban J connectivity index is 0.00000225. The van der Waals surface area contributed by atoms with E-state index in [4.69, 9.17) is 0 Å². The van der Waals surface area contributed by atoms with Crippen molar-refractivity contribution in [2.45, 2.75) is 20.0 Å². The average molecular weight is 446 g/mol. The van der Waals surface area contributed by atoms with E-state index in [-0.39, 0.29) is 24.0 Å². The summed E-state index contributed by atoms with van der Waals surface area (Å²) in [7, 11) is 1.79. The van der Waals surface area contributed by atoms with Crippen LogP contribution < -0.4 is 10.6 Å². The number of halogens is 1. The van der Waals surface area contributed by atoms with Gasteiger partial charge in [-0.3, -0.25) is 9.98 Å². The Morgan fingerprint density at radius 1 is 0.920 bits per heavy atom. The molecule has 3 aromatic rings. The third-order valence-corrected chi connectivity index (χ3v) is 4.09. The van der Waals surface area contributed by atoms with Gasteiger partial charge in [0.15, 0.2) is 5.96 Å². The van der Waals surface area contributed by atoms with Crippen LogP contribution in [0.15, 0.2) is 65.8 Å². The second kappa shape index (κ2) is 9.36. The number of rotatable bonds is 4. The number of para-hydroxylation sites is 1. The molecule has 130 valence electrons. The fraction of sp³-hybridized carbons (Fsp3) is 0.200. The van der Waals surface area contributed by atoms with Crippen LogP contribution in [0.2, 0.25) is 0 Å². The van der Waals surface area contributed by atoms with Gasteiger partial charge in [-0.1, -0.05) is 48.5 Å². The first kappa shape index (κ1) is 19.2. The second-order valence-corrected chi connectivity index (χ2v) is 5.70. The van der Waals surface area contributed by atoms with Gasteiger partial charge in [-0.25, -0.2) is 0 Å². The highest BCUT2D eigenvalue weighted by molar-refractivity contribution is 14.0. The summed E-state index contributed by atoms with van der Waals surface area (Å²) in [6.07, 6.45) is 1.83. The van der Waals surface area contributed by atoms with Crippen LogP contribution in [0.4, 0.5) is 0 Å². The molecule has 1 aromatic heterocycles. The van der Waals surface area contributed by atoms with E-state index < -0.39 is 0 Å². The van der Waals surface area contributed by atoms with Gasteiger partial charge in [0.25, 0.3) is 0 Å². The van der Waals surface area contributed by atoms with Gasteiger partial charge in [0.1, 0.15) is 0 Å². The Morgan fingerprint density at radius 2 is 1.60 bits per heavy atom. The highest BCUT2D eigenvalue weighted by atomic mass is 127. The number of benzene rings is 2. The predicted octanol–water partition coefficient (Wildman–Crippen LogP) is 4.03. The number of guanidine groups is 1. The normalized spacial score (nSPS) is 11.0. The molecule has 2 N–H and O–H groups in total. The molecule has 0 bridgehead atoms. The van der Waals surface area contributed by atoms with Gasteiger partial charge in [0.05, 0.1) is 5.52 Å². The number of fused-ring (bicyclic) bond motifs is 1. The van der Waals surface area contributed by atoms with Crippen LogP contribution >= 0.6 is 24.0 Å². The third kappa shape index (κ3) is 4.92. The van der Waals surface area contributed by atoms with Crippen LogP contribution in [0.5, 0.6) is 0 Å². The summed E-state index contributed by atoms with van der Waals surface area (Å²) in [5, 5.41) is 7.88. The van der Waals surface area contributed by atoms with Crippen LogP contribution in [0, 0.1) is 6.92 Å². The number of pyridine rings is 1. The molecule has 4 nitrogen and oxygen atoms in total. The van der Waals surface area contributed by atoms with Crippen molar-refractivity contribution in [2.75, 3.05) is 7.05 Å². The Kier molecular flexibility index (Phi) is 7.18. The summed E-state index contributed by atoms with van der Waals surface area (Å²) in [4.78, 5) is 8.79. The minimum atomic E-state index is 0. The maximum absolute atomic E-state index is 4.49. The molecule has 0 radical (unpaired) electrons. The van der Waals surface area contributed by atoms with E-state index in [0.29, 0.717) is 6.54 Å². The van der Waals surface area contributed by atoms with Gasteiger partial charge in [-0.15, -0.1) is 24.0 Å². The molecule has 0 spiro atoms. The molecule has 2 aromatic carbocycles. The molecule has 0 aliphatic heterocycles. The van der Waals surface area contributed by atoms with E-state index in [1.54, 1.807) is 7.05 Å². The summed E-state index contributed by atoms with van der Waals surface area (Å²) in [5.74, 6) is 0.784. The first-order valence-corrected chi connectivity index (χ1v) is 8.09. The molecule has 0 unspecified atom stereocenters. The average Bonchev–Trinajstić information content (AvgIpc) is 2.63. The zero-order valence-electron chi connectivity index (χ0n) is 14.5. The number of aliphatic imine (C=N–C) groups is 1. The molecular weight excluding hydrogens is 423 g/mol. The molecule has 1 heterocycles. The number of hydrogen-bond acceptors (Lipinski definition) is 2. The molecule has 5 heteroatoms. The number of nitrogens with zero attached hydrogens (tertiary/aromatic N) is 2. The minimum absolute atomic E-state index is 0. The van der Waals surface area contributed by atoms with E-state index in [1.807, 2.05) is 12.3 Å². The van der Waals surface area contributed by atoms with E-state index in [2.05, 4.69) is 76.1 Å². The van der Waals surface area contributed by atoms with Crippen LogP contribution in [-0.2, 0) is 13.1 Å². The number of aromatic nitrogens is 1. The van der Waals surface area contributed by atoms with Gasteiger partial charge in [-0.2, -0.15) is 0 Å².